The van der Waals surface area contributed by atoms with Crippen molar-refractivity contribution in [3.63, 3.8) is 0 Å². The summed E-state index contributed by atoms with van der Waals surface area (Å²) in [7, 11) is 5.09. The molecule has 0 heterocycles. The monoisotopic (exact) mass is 163 g/mol. The van der Waals surface area contributed by atoms with Crippen LogP contribution in [0.3, 0.4) is 0 Å². The summed E-state index contributed by atoms with van der Waals surface area (Å²) in [6.07, 6.45) is 1.32. The first-order valence-corrected chi connectivity index (χ1v) is 5.80. The van der Waals surface area contributed by atoms with Crippen LogP contribution in [0.5, 0.6) is 0 Å². The van der Waals surface area contributed by atoms with Crippen LogP contribution >= 0.6 is 0 Å². The Bertz CT molecular complexity index is 60.9. The highest BCUT2D eigenvalue weighted by atomic mass is 28.3. The molecule has 0 atom stereocenters. The van der Waals surface area contributed by atoms with Crippen molar-refractivity contribution in [3.05, 3.63) is 0 Å². The zero-order chi connectivity index (χ0) is 7.11. The highest BCUT2D eigenvalue weighted by molar-refractivity contribution is 6.34. The molecule has 56 valence electrons. The highest BCUT2D eigenvalue weighted by Crippen LogP contribution is 1.89. The van der Waals surface area contributed by atoms with Crippen molar-refractivity contribution >= 4 is 20.2 Å². The fourth-order valence-corrected chi connectivity index (χ4v) is 2.26. The van der Waals surface area contributed by atoms with E-state index in [0.29, 0.717) is 0 Å². The lowest BCUT2D eigenvalue weighted by Crippen LogP contribution is -2.13. The molecule has 0 aromatic heterocycles. The third-order valence-corrected chi connectivity index (χ3v) is 3.63. The molecule has 0 fully saturated rings. The minimum Gasteiger partial charge on any atom is -0.468 e. The second-order valence-electron chi connectivity index (χ2n) is 2.50. The van der Waals surface area contributed by atoms with E-state index in [-0.39, 0.29) is 9.76 Å². The molecule has 0 bridgehead atoms. The quantitative estimate of drug-likeness (QED) is 0.370. The molecule has 0 spiro atoms. The molecular formula is C5H17NOSi2. The number of rotatable bonds is 5. The number of nitrogens with zero attached hydrogens (tertiary/aromatic N) is 1. The van der Waals surface area contributed by atoms with Gasteiger partial charge in [-0.3, -0.25) is 0 Å². The van der Waals surface area contributed by atoms with Gasteiger partial charge in [0.1, 0.15) is 20.2 Å². The number of hydrogen-bond donors (Lipinski definition) is 0. The summed E-state index contributed by atoms with van der Waals surface area (Å²) in [5, 5.41) is 0. The average Bonchev–Trinajstić information content (AvgIpc) is 1.80. The molecule has 4 heteroatoms. The van der Waals surface area contributed by atoms with Crippen LogP contribution in [-0.4, -0.2) is 45.8 Å². The van der Waals surface area contributed by atoms with Gasteiger partial charge >= 0.3 is 0 Å². The number of hydrogen-bond acceptors (Lipinski definition) is 2. The first kappa shape index (κ1) is 9.35. The van der Waals surface area contributed by atoms with Gasteiger partial charge in [-0.15, -0.1) is 0 Å². The lowest BCUT2D eigenvalue weighted by atomic mass is 10.5. The predicted molar refractivity (Wildman–Crippen MR) is 47.5 cm³/mol. The van der Waals surface area contributed by atoms with Crippen LogP contribution in [-0.2, 0) is 4.12 Å². The Morgan fingerprint density at radius 2 is 2.22 bits per heavy atom. The van der Waals surface area contributed by atoms with Crippen LogP contribution in [0.15, 0.2) is 0 Å². The minimum atomic E-state index is -0.0862. The molecule has 2 nitrogen and oxygen atoms in total. The van der Waals surface area contributed by atoms with Gasteiger partial charge in [0, 0.05) is 0 Å². The van der Waals surface area contributed by atoms with E-state index in [1.54, 1.807) is 0 Å². The van der Waals surface area contributed by atoms with Gasteiger partial charge in [0.05, 0.1) is 0 Å². The van der Waals surface area contributed by atoms with Crippen LogP contribution in [0.2, 0.25) is 6.04 Å². The normalized spacial score (nSPS) is 12.3. The third-order valence-electron chi connectivity index (χ3n) is 1.20. The zero-order valence-electron chi connectivity index (χ0n) is 6.68. The van der Waals surface area contributed by atoms with Gasteiger partial charge in [-0.25, -0.2) is 0 Å². The van der Waals surface area contributed by atoms with E-state index < -0.39 is 0 Å². The summed E-state index contributed by atoms with van der Waals surface area (Å²) < 4.78 is 5.18. The smallest absolute Gasteiger partial charge is 0.145 e. The van der Waals surface area contributed by atoms with Gasteiger partial charge < -0.3 is 9.02 Å². The standard InChI is InChI=1S/C5H17NOSi2/c1-6(2)4-3-5-9-7-8/h3-5,9H2,1-2,8H3. The second kappa shape index (κ2) is 6.47. The molecule has 0 saturated carbocycles. The van der Waals surface area contributed by atoms with Crippen molar-refractivity contribution in [2.75, 3.05) is 20.6 Å². The molecule has 0 amide bonds. The molecule has 0 aromatic carbocycles. The van der Waals surface area contributed by atoms with E-state index in [1.165, 1.54) is 19.0 Å². The summed E-state index contributed by atoms with van der Waals surface area (Å²) in [6, 6.07) is 1.35. The van der Waals surface area contributed by atoms with Crippen LogP contribution in [0, 0.1) is 0 Å². The Hall–Kier alpha value is 0.354. The maximum absolute atomic E-state index is 5.18. The molecule has 0 N–H and O–H groups in total. The van der Waals surface area contributed by atoms with Crippen LogP contribution < -0.4 is 0 Å². The first-order chi connectivity index (χ1) is 4.27. The Morgan fingerprint density at radius 3 is 2.67 bits per heavy atom. The molecular weight excluding hydrogens is 146 g/mol. The van der Waals surface area contributed by atoms with Gasteiger partial charge in [0.15, 0.2) is 0 Å². The summed E-state index contributed by atoms with van der Waals surface area (Å²) in [5.41, 5.74) is 0. The molecule has 0 aliphatic heterocycles. The fourth-order valence-electron chi connectivity index (χ4n) is 0.674. The van der Waals surface area contributed by atoms with E-state index in [4.69, 9.17) is 4.12 Å². The topological polar surface area (TPSA) is 12.5 Å². The molecule has 0 saturated heterocycles. The molecule has 9 heavy (non-hydrogen) atoms. The minimum absolute atomic E-state index is 0.0862. The van der Waals surface area contributed by atoms with Gasteiger partial charge in [-0.1, -0.05) is 0 Å². The summed E-state index contributed by atoms with van der Waals surface area (Å²) >= 11 is 0. The second-order valence-corrected chi connectivity index (χ2v) is 5.93. The summed E-state index contributed by atoms with van der Waals surface area (Å²) in [6.45, 7) is 1.22. The van der Waals surface area contributed by atoms with Crippen LogP contribution in [0.4, 0.5) is 0 Å². The lowest BCUT2D eigenvalue weighted by molar-refractivity contribution is 0.406. The van der Waals surface area contributed by atoms with Gasteiger partial charge in [-0.05, 0) is 33.1 Å². The largest absolute Gasteiger partial charge is 0.468 e. The van der Waals surface area contributed by atoms with Gasteiger partial charge in [0.25, 0.3) is 0 Å². The summed E-state index contributed by atoms with van der Waals surface area (Å²) in [5.74, 6) is 0. The summed E-state index contributed by atoms with van der Waals surface area (Å²) in [4.78, 5) is 2.22. The van der Waals surface area contributed by atoms with Crippen molar-refractivity contribution in [1.82, 2.24) is 4.90 Å². The van der Waals surface area contributed by atoms with Crippen molar-refractivity contribution < 1.29 is 4.12 Å². The SMILES string of the molecule is CN(C)CCC[SiH2]O[SiH3]. The maximum Gasteiger partial charge on any atom is 0.145 e. The third kappa shape index (κ3) is 8.35. The Kier molecular flexibility index (Phi) is 6.73. The van der Waals surface area contributed by atoms with E-state index in [2.05, 4.69) is 19.0 Å². The van der Waals surface area contributed by atoms with Crippen LogP contribution in [0.25, 0.3) is 0 Å². The maximum atomic E-state index is 5.18. The predicted octanol–water partition coefficient (Wildman–Crippen LogP) is -1.26. The Labute approximate surface area is 63.1 Å². The Balaban J connectivity index is 2.75. The molecule has 0 aromatic rings. The lowest BCUT2D eigenvalue weighted by Gasteiger charge is -2.07. The van der Waals surface area contributed by atoms with E-state index >= 15 is 0 Å². The van der Waals surface area contributed by atoms with Crippen LogP contribution in [0.1, 0.15) is 6.42 Å². The molecule has 0 rings (SSSR count). The van der Waals surface area contributed by atoms with E-state index in [0.717, 1.165) is 10.5 Å². The van der Waals surface area contributed by atoms with E-state index in [1.807, 2.05) is 0 Å². The molecule has 0 aliphatic carbocycles. The first-order valence-electron chi connectivity index (χ1n) is 3.41. The van der Waals surface area contributed by atoms with Gasteiger partial charge in [0.2, 0.25) is 0 Å². The van der Waals surface area contributed by atoms with Crippen molar-refractivity contribution in [2.45, 2.75) is 12.5 Å². The van der Waals surface area contributed by atoms with Crippen molar-refractivity contribution in [2.24, 2.45) is 0 Å². The van der Waals surface area contributed by atoms with E-state index in [9.17, 15) is 0 Å². The van der Waals surface area contributed by atoms with Gasteiger partial charge in [-0.2, -0.15) is 0 Å². The Morgan fingerprint density at radius 1 is 1.56 bits per heavy atom. The molecule has 0 radical (unpaired) electrons. The molecule has 0 unspecified atom stereocenters. The molecule has 0 aliphatic rings. The average molecular weight is 163 g/mol. The van der Waals surface area contributed by atoms with Crippen molar-refractivity contribution in [1.29, 1.82) is 0 Å². The highest BCUT2D eigenvalue weighted by Gasteiger charge is 1.89. The zero-order valence-corrected chi connectivity index (χ0v) is 10.1. The fraction of sp³-hybridized carbons (Fsp3) is 1.00. The van der Waals surface area contributed by atoms with Crippen molar-refractivity contribution in [3.8, 4) is 0 Å².